The van der Waals surface area contributed by atoms with E-state index in [0.29, 0.717) is 0 Å². The number of rotatable bonds is 33. The van der Waals surface area contributed by atoms with E-state index in [1.165, 1.54) is 210 Å². The number of unbranched alkanes of at least 4 members (excludes halogenated alkanes) is 24. The molecule has 1 aromatic rings. The first kappa shape index (κ1) is 49.3. The van der Waals surface area contributed by atoms with E-state index in [1.54, 1.807) is 0 Å². The molecule has 300 valence electrons. The maximum Gasteiger partial charge on any atom is 0.200 e. The van der Waals surface area contributed by atoms with Crippen LogP contribution in [-0.4, -0.2) is 36.6 Å². The van der Waals surface area contributed by atoms with Crippen molar-refractivity contribution in [3.8, 4) is 0 Å². The molecule has 0 radical (unpaired) electrons. The third-order valence-electron chi connectivity index (χ3n) is 10.4. The van der Waals surface area contributed by atoms with Crippen molar-refractivity contribution in [3.63, 3.8) is 0 Å². The summed E-state index contributed by atoms with van der Waals surface area (Å²) in [7, 11) is 0. The lowest BCUT2D eigenvalue weighted by Crippen LogP contribution is -2.50. The number of hydrogen-bond donors (Lipinski definition) is 0. The fraction of sp³-hybridized carbons (Fsp3) is 0.837. The van der Waals surface area contributed by atoms with E-state index in [2.05, 4.69) is 27.7 Å². The van der Waals surface area contributed by atoms with Crippen molar-refractivity contribution >= 4 is 5.97 Å². The zero-order valence-electron chi connectivity index (χ0n) is 33.3. The molecule has 0 saturated heterocycles. The molecule has 0 atom stereocenters. The summed E-state index contributed by atoms with van der Waals surface area (Å²) in [6.07, 6.45) is 40.7. The smallest absolute Gasteiger partial charge is 0.200 e. The Hall–Kier alpha value is -1.70. The number of benzene rings is 1. The maximum atomic E-state index is 12.5. The van der Waals surface area contributed by atoms with Gasteiger partial charge in [-0.1, -0.05) is 156 Å². The predicted octanol–water partition coefficient (Wildman–Crippen LogP) is 13.6. The van der Waals surface area contributed by atoms with Crippen LogP contribution in [-0.2, 0) is 0 Å². The summed E-state index contributed by atoms with van der Waals surface area (Å²) in [4.78, 5) is 10.0. The van der Waals surface area contributed by atoms with Gasteiger partial charge in [-0.15, -0.1) is 0 Å². The predicted molar refractivity (Wildman–Crippen MR) is 202 cm³/mol. The van der Waals surface area contributed by atoms with Crippen molar-refractivity contribution in [2.45, 2.75) is 207 Å². The lowest BCUT2D eigenvalue weighted by Gasteiger charge is -2.40. The monoisotopic (exact) mass is 734 g/mol. The Morgan fingerprint density at radius 2 is 0.569 bits per heavy atom. The van der Waals surface area contributed by atoms with Crippen LogP contribution in [0.2, 0.25) is 0 Å². The minimum Gasteiger partial charge on any atom is -0.545 e. The summed E-state index contributed by atoms with van der Waals surface area (Å²) in [5.41, 5.74) is -1.97. The normalized spacial score (nSPS) is 11.5. The van der Waals surface area contributed by atoms with E-state index in [9.17, 15) is 31.9 Å². The molecule has 0 aromatic heterocycles. The molecule has 0 aliphatic rings. The molecule has 3 nitrogen and oxygen atoms in total. The second kappa shape index (κ2) is 32.9. The minimum atomic E-state index is -2.47. The molecule has 0 heterocycles. The molecule has 1 rings (SSSR count). The summed E-state index contributed by atoms with van der Waals surface area (Å²) in [5, 5.41) is 10.0. The number of hydrogen-bond acceptors (Lipinski definition) is 2. The SMILES string of the molecule is CCCCCCCCC[N+](CCCCCCCCC)(CCCCCCCCC)CCCCCCCCC.O=C([O-])c1c(F)c(F)c(F)c(F)c1F. The van der Waals surface area contributed by atoms with Gasteiger partial charge in [0.1, 0.15) is 0 Å². The summed E-state index contributed by atoms with van der Waals surface area (Å²) < 4.78 is 63.4. The first-order chi connectivity index (χ1) is 24.6. The summed E-state index contributed by atoms with van der Waals surface area (Å²) >= 11 is 0. The largest absolute Gasteiger partial charge is 0.545 e. The number of halogens is 5. The van der Waals surface area contributed by atoms with Crippen molar-refractivity contribution in [2.24, 2.45) is 0 Å². The molecule has 8 heteroatoms. The Morgan fingerprint density at radius 3 is 0.784 bits per heavy atom. The molecule has 51 heavy (non-hydrogen) atoms. The van der Waals surface area contributed by atoms with Crippen molar-refractivity contribution in [2.75, 3.05) is 26.2 Å². The molecule has 0 N–H and O–H groups in total. The van der Waals surface area contributed by atoms with E-state index in [0.717, 1.165) is 0 Å². The molecule has 0 fully saturated rings. The highest BCUT2D eigenvalue weighted by molar-refractivity contribution is 5.86. The Bertz CT molecular complexity index is 883. The third kappa shape index (κ3) is 23.6. The summed E-state index contributed by atoms with van der Waals surface area (Å²) in [6.45, 7) is 15.3. The highest BCUT2D eigenvalue weighted by Crippen LogP contribution is 2.23. The van der Waals surface area contributed by atoms with Gasteiger partial charge < -0.3 is 14.4 Å². The Morgan fingerprint density at radius 1 is 0.373 bits per heavy atom. The number of carbonyl (C=O) groups is 1. The van der Waals surface area contributed by atoms with Crippen LogP contribution in [0.5, 0.6) is 0 Å². The Labute approximate surface area is 310 Å². The van der Waals surface area contributed by atoms with Crippen LogP contribution in [0.3, 0.4) is 0 Å². The molecule has 0 amide bonds. The lowest BCUT2D eigenvalue weighted by molar-refractivity contribution is -0.929. The zero-order valence-corrected chi connectivity index (χ0v) is 33.3. The number of carbonyl (C=O) groups excluding carboxylic acids is 1. The van der Waals surface area contributed by atoms with Crippen molar-refractivity contribution in [3.05, 3.63) is 34.6 Å². The van der Waals surface area contributed by atoms with Gasteiger partial charge in [-0.2, -0.15) is 0 Å². The van der Waals surface area contributed by atoms with Crippen LogP contribution in [0.25, 0.3) is 0 Å². The molecule has 0 aliphatic heterocycles. The van der Waals surface area contributed by atoms with E-state index in [1.807, 2.05) is 0 Å². The quantitative estimate of drug-likeness (QED) is 0.0237. The van der Waals surface area contributed by atoms with Crippen molar-refractivity contribution in [1.29, 1.82) is 0 Å². The molecular weight excluding hydrogens is 657 g/mol. The van der Waals surface area contributed by atoms with Crippen LogP contribution < -0.4 is 5.11 Å². The van der Waals surface area contributed by atoms with E-state index in [-0.39, 0.29) is 0 Å². The van der Waals surface area contributed by atoms with Crippen molar-refractivity contribution in [1.82, 2.24) is 0 Å². The Kier molecular flexibility index (Phi) is 31.8. The lowest BCUT2D eigenvalue weighted by atomic mass is 10.0. The van der Waals surface area contributed by atoms with Gasteiger partial charge in [0.2, 0.25) is 5.82 Å². The van der Waals surface area contributed by atoms with Gasteiger partial charge in [0.15, 0.2) is 23.3 Å². The Balaban J connectivity index is 0.00000147. The van der Waals surface area contributed by atoms with Gasteiger partial charge in [0.05, 0.1) is 37.7 Å². The number of carboxylic acids is 1. The van der Waals surface area contributed by atoms with Crippen molar-refractivity contribution < 1.29 is 36.3 Å². The van der Waals surface area contributed by atoms with Gasteiger partial charge >= 0.3 is 0 Å². The first-order valence-corrected chi connectivity index (χ1v) is 21.2. The summed E-state index contributed by atoms with van der Waals surface area (Å²) in [6, 6.07) is 0. The molecule has 0 aliphatic carbocycles. The van der Waals surface area contributed by atoms with E-state index >= 15 is 0 Å². The molecule has 0 saturated carbocycles. The molecule has 0 bridgehead atoms. The average Bonchev–Trinajstić information content (AvgIpc) is 3.11. The molecule has 0 spiro atoms. The second-order valence-corrected chi connectivity index (χ2v) is 15.0. The fourth-order valence-corrected chi connectivity index (χ4v) is 7.07. The third-order valence-corrected chi connectivity index (χ3v) is 10.4. The van der Waals surface area contributed by atoms with Crippen LogP contribution in [0.1, 0.15) is 218 Å². The van der Waals surface area contributed by atoms with Crippen LogP contribution in [0.15, 0.2) is 0 Å². The molecular formula is C43H76F5NO2. The molecule has 0 unspecified atom stereocenters. The van der Waals surface area contributed by atoms with Gasteiger partial charge in [0, 0.05) is 0 Å². The van der Waals surface area contributed by atoms with Crippen LogP contribution >= 0.6 is 0 Å². The number of nitrogens with zero attached hydrogens (tertiary/aromatic N) is 1. The highest BCUT2D eigenvalue weighted by atomic mass is 19.2. The van der Waals surface area contributed by atoms with Crippen LogP contribution in [0.4, 0.5) is 22.0 Å². The zero-order chi connectivity index (χ0) is 38.2. The minimum absolute atomic E-state index is 1.37. The fourth-order valence-electron chi connectivity index (χ4n) is 7.07. The topological polar surface area (TPSA) is 40.1 Å². The molecule has 1 aromatic carbocycles. The number of aromatic carboxylic acids is 1. The number of carboxylic acid groups (broad SMARTS) is 1. The first-order valence-electron chi connectivity index (χ1n) is 21.2. The average molecular weight is 734 g/mol. The summed E-state index contributed by atoms with van der Waals surface area (Å²) in [5.74, 6) is -14.4. The maximum absolute atomic E-state index is 12.5. The van der Waals surface area contributed by atoms with E-state index in [4.69, 9.17) is 0 Å². The standard InChI is InChI=1S/C36H76N.C7HF5O2/c1-5-9-13-17-21-25-29-33-37(34-30-26-22-18-14-10-6-2,35-31-27-23-19-15-11-7-3)36-32-28-24-20-16-12-8-4;8-2-1(7(13)14)3(9)5(11)6(12)4(2)10/h5-36H2,1-4H3;(H,13,14)/q+1;/p-1. The van der Waals surface area contributed by atoms with Gasteiger partial charge in [-0.25, -0.2) is 22.0 Å². The number of quaternary nitrogens is 1. The second-order valence-electron chi connectivity index (χ2n) is 15.0. The van der Waals surface area contributed by atoms with Gasteiger partial charge in [-0.05, 0) is 51.4 Å². The van der Waals surface area contributed by atoms with Gasteiger partial charge in [-0.3, -0.25) is 0 Å². The highest BCUT2D eigenvalue weighted by Gasteiger charge is 2.27. The van der Waals surface area contributed by atoms with Crippen LogP contribution in [0, 0.1) is 29.1 Å². The van der Waals surface area contributed by atoms with E-state index < -0.39 is 40.6 Å². The van der Waals surface area contributed by atoms with Gasteiger partial charge in [0.25, 0.3) is 0 Å².